The van der Waals surface area contributed by atoms with Gasteiger partial charge in [-0.05, 0) is 54.7 Å². The van der Waals surface area contributed by atoms with Crippen LogP contribution in [0.5, 0.6) is 11.5 Å². The molecule has 1 aliphatic rings. The number of hydrogen-bond acceptors (Lipinski definition) is 5. The average Bonchev–Trinajstić information content (AvgIpc) is 2.55. The van der Waals surface area contributed by atoms with Crippen LogP contribution < -0.4 is 14.4 Å². The number of methoxy groups -OCH3 is 2. The van der Waals surface area contributed by atoms with Crippen LogP contribution in [0, 0.1) is 13.8 Å². The van der Waals surface area contributed by atoms with Crippen LogP contribution in [0.15, 0.2) is 18.3 Å². The fourth-order valence-electron chi connectivity index (χ4n) is 2.88. The monoisotopic (exact) mass is 299 g/mol. The summed E-state index contributed by atoms with van der Waals surface area (Å²) in [5.41, 5.74) is 4.93. The van der Waals surface area contributed by atoms with Crippen molar-refractivity contribution in [3.8, 4) is 11.5 Å². The van der Waals surface area contributed by atoms with Crippen molar-refractivity contribution in [2.45, 2.75) is 26.8 Å². The Kier molecular flexibility index (Phi) is 3.88. The predicted octanol–water partition coefficient (Wildman–Crippen LogP) is 2.67. The summed E-state index contributed by atoms with van der Waals surface area (Å²) in [6.45, 7) is 5.92. The maximum absolute atomic E-state index is 5.41. The second kappa shape index (κ2) is 5.83. The number of anilines is 1. The molecule has 0 atom stereocenters. The Bertz CT molecular complexity index is 701. The lowest BCUT2D eigenvalue weighted by Crippen LogP contribution is -2.32. The molecule has 1 aliphatic heterocycles. The molecule has 0 bridgehead atoms. The molecule has 0 unspecified atom stereocenters. The van der Waals surface area contributed by atoms with Gasteiger partial charge in [0.05, 0.1) is 20.4 Å². The van der Waals surface area contributed by atoms with Crippen LogP contribution in [-0.2, 0) is 13.0 Å². The minimum Gasteiger partial charge on any atom is -0.493 e. The molecule has 1 aromatic heterocycles. The van der Waals surface area contributed by atoms with Crippen LogP contribution in [0.3, 0.4) is 0 Å². The minimum absolute atomic E-state index is 0.773. The molecule has 22 heavy (non-hydrogen) atoms. The second-order valence-corrected chi connectivity index (χ2v) is 5.62. The Hall–Kier alpha value is -2.30. The number of aryl methyl sites for hydroxylation is 1. The van der Waals surface area contributed by atoms with Crippen molar-refractivity contribution in [3.05, 3.63) is 40.6 Å². The highest BCUT2D eigenvalue weighted by Crippen LogP contribution is 2.34. The second-order valence-electron chi connectivity index (χ2n) is 5.62. The highest BCUT2D eigenvalue weighted by Gasteiger charge is 2.22. The van der Waals surface area contributed by atoms with E-state index in [1.807, 2.05) is 6.20 Å². The first-order chi connectivity index (χ1) is 10.6. The van der Waals surface area contributed by atoms with Gasteiger partial charge in [0, 0.05) is 13.1 Å². The van der Waals surface area contributed by atoms with Crippen LogP contribution >= 0.6 is 0 Å². The first kappa shape index (κ1) is 14.6. The molecular formula is C17H21N3O2. The van der Waals surface area contributed by atoms with E-state index in [0.717, 1.165) is 36.8 Å². The smallest absolute Gasteiger partial charge is 0.161 e. The molecule has 2 heterocycles. The van der Waals surface area contributed by atoms with E-state index in [-0.39, 0.29) is 0 Å². The molecule has 0 saturated heterocycles. The Morgan fingerprint density at radius 2 is 1.73 bits per heavy atom. The molecule has 0 saturated carbocycles. The standard InChI is InChI=1S/C17H21N3O2/c1-11-9-18-19-17(12(11)2)20-6-5-13-7-15(21-3)16(22-4)8-14(13)10-20/h7-9H,5-6,10H2,1-4H3. The van der Waals surface area contributed by atoms with E-state index in [2.05, 4.69) is 41.1 Å². The lowest BCUT2D eigenvalue weighted by Gasteiger charge is -2.31. The number of nitrogens with zero attached hydrogens (tertiary/aromatic N) is 3. The van der Waals surface area contributed by atoms with E-state index in [4.69, 9.17) is 9.47 Å². The largest absolute Gasteiger partial charge is 0.493 e. The van der Waals surface area contributed by atoms with Gasteiger partial charge in [0.1, 0.15) is 0 Å². The summed E-state index contributed by atoms with van der Waals surface area (Å²) < 4.78 is 10.8. The first-order valence-electron chi connectivity index (χ1n) is 7.41. The van der Waals surface area contributed by atoms with Crippen molar-refractivity contribution in [2.24, 2.45) is 0 Å². The molecule has 1 aromatic carbocycles. The Labute approximate surface area is 130 Å². The van der Waals surface area contributed by atoms with Gasteiger partial charge >= 0.3 is 0 Å². The lowest BCUT2D eigenvalue weighted by atomic mass is 9.98. The molecule has 5 nitrogen and oxygen atoms in total. The van der Waals surface area contributed by atoms with Crippen molar-refractivity contribution in [2.75, 3.05) is 25.7 Å². The fraction of sp³-hybridized carbons (Fsp3) is 0.412. The number of fused-ring (bicyclic) bond motifs is 1. The van der Waals surface area contributed by atoms with E-state index in [9.17, 15) is 0 Å². The third-order valence-corrected chi connectivity index (χ3v) is 4.35. The summed E-state index contributed by atoms with van der Waals surface area (Å²) in [6.07, 6.45) is 2.77. The van der Waals surface area contributed by atoms with E-state index in [0.29, 0.717) is 0 Å². The zero-order valence-electron chi connectivity index (χ0n) is 13.5. The average molecular weight is 299 g/mol. The number of hydrogen-bond donors (Lipinski definition) is 0. The molecule has 0 spiro atoms. The normalized spacial score (nSPS) is 13.7. The number of ether oxygens (including phenoxy) is 2. The molecule has 0 radical (unpaired) electrons. The minimum atomic E-state index is 0.773. The van der Waals surface area contributed by atoms with E-state index < -0.39 is 0 Å². The van der Waals surface area contributed by atoms with Gasteiger partial charge in [-0.15, -0.1) is 5.10 Å². The maximum Gasteiger partial charge on any atom is 0.161 e. The van der Waals surface area contributed by atoms with Crippen molar-refractivity contribution >= 4 is 5.82 Å². The number of benzene rings is 1. The zero-order chi connectivity index (χ0) is 15.7. The Balaban J connectivity index is 1.95. The maximum atomic E-state index is 5.41. The van der Waals surface area contributed by atoms with Crippen LogP contribution in [0.4, 0.5) is 5.82 Å². The molecular weight excluding hydrogens is 278 g/mol. The molecule has 2 aromatic rings. The van der Waals surface area contributed by atoms with Gasteiger partial charge in [-0.3, -0.25) is 0 Å². The zero-order valence-corrected chi connectivity index (χ0v) is 13.5. The molecule has 0 fully saturated rings. The van der Waals surface area contributed by atoms with Crippen LogP contribution in [0.1, 0.15) is 22.3 Å². The van der Waals surface area contributed by atoms with Crippen LogP contribution in [0.2, 0.25) is 0 Å². The highest BCUT2D eigenvalue weighted by atomic mass is 16.5. The van der Waals surface area contributed by atoms with Crippen LogP contribution in [-0.4, -0.2) is 31.0 Å². The summed E-state index contributed by atoms with van der Waals surface area (Å²) in [7, 11) is 3.34. The van der Waals surface area contributed by atoms with Gasteiger partial charge in [-0.2, -0.15) is 5.10 Å². The predicted molar refractivity (Wildman–Crippen MR) is 85.8 cm³/mol. The Morgan fingerprint density at radius 1 is 1.05 bits per heavy atom. The van der Waals surface area contributed by atoms with Crippen molar-refractivity contribution in [3.63, 3.8) is 0 Å². The third kappa shape index (κ3) is 2.47. The van der Waals surface area contributed by atoms with E-state index in [1.54, 1.807) is 14.2 Å². The van der Waals surface area contributed by atoms with Gasteiger partial charge in [-0.25, -0.2) is 0 Å². The topological polar surface area (TPSA) is 47.5 Å². The van der Waals surface area contributed by atoms with Crippen molar-refractivity contribution < 1.29 is 9.47 Å². The summed E-state index contributed by atoms with van der Waals surface area (Å²) in [5.74, 6) is 2.54. The number of aromatic nitrogens is 2. The molecule has 116 valence electrons. The van der Waals surface area contributed by atoms with E-state index >= 15 is 0 Å². The summed E-state index contributed by atoms with van der Waals surface area (Å²) >= 11 is 0. The van der Waals surface area contributed by atoms with E-state index in [1.165, 1.54) is 22.3 Å². The van der Waals surface area contributed by atoms with Crippen molar-refractivity contribution in [1.82, 2.24) is 10.2 Å². The van der Waals surface area contributed by atoms with Gasteiger partial charge in [0.15, 0.2) is 17.3 Å². The lowest BCUT2D eigenvalue weighted by molar-refractivity contribution is 0.353. The summed E-state index contributed by atoms with van der Waals surface area (Å²) in [6, 6.07) is 4.15. The Morgan fingerprint density at radius 3 is 2.41 bits per heavy atom. The molecule has 5 heteroatoms. The van der Waals surface area contributed by atoms with Gasteiger partial charge in [0.25, 0.3) is 0 Å². The summed E-state index contributed by atoms with van der Waals surface area (Å²) in [5, 5.41) is 8.43. The third-order valence-electron chi connectivity index (χ3n) is 4.35. The van der Waals surface area contributed by atoms with Crippen LogP contribution in [0.25, 0.3) is 0 Å². The van der Waals surface area contributed by atoms with Gasteiger partial charge in [-0.1, -0.05) is 0 Å². The highest BCUT2D eigenvalue weighted by molar-refractivity contribution is 5.54. The SMILES string of the molecule is COc1cc2c(cc1OC)CN(c1nncc(C)c1C)CC2. The summed E-state index contributed by atoms with van der Waals surface area (Å²) in [4.78, 5) is 2.28. The molecule has 0 amide bonds. The van der Waals surface area contributed by atoms with Crippen molar-refractivity contribution in [1.29, 1.82) is 0 Å². The first-order valence-corrected chi connectivity index (χ1v) is 7.41. The molecule has 3 rings (SSSR count). The number of rotatable bonds is 3. The molecule has 0 aliphatic carbocycles. The fourth-order valence-corrected chi connectivity index (χ4v) is 2.88. The molecule has 0 N–H and O–H groups in total. The van der Waals surface area contributed by atoms with Gasteiger partial charge in [0.2, 0.25) is 0 Å². The van der Waals surface area contributed by atoms with Gasteiger partial charge < -0.3 is 14.4 Å². The quantitative estimate of drug-likeness (QED) is 0.872.